The first-order valence-electron chi connectivity index (χ1n) is 9.03. The Bertz CT molecular complexity index is 616. The van der Waals surface area contributed by atoms with Gasteiger partial charge in [0.15, 0.2) is 5.78 Å². The van der Waals surface area contributed by atoms with Crippen LogP contribution in [-0.4, -0.2) is 27.7 Å². The molecule has 126 valence electrons. The molecule has 4 aliphatic rings. The predicted molar refractivity (Wildman–Crippen MR) is 88.6 cm³/mol. The lowest BCUT2D eigenvalue weighted by atomic mass is 9.47. The summed E-state index contributed by atoms with van der Waals surface area (Å²) in [4.78, 5) is 11.8. The van der Waals surface area contributed by atoms with E-state index >= 15 is 0 Å². The van der Waals surface area contributed by atoms with Crippen molar-refractivity contribution in [3.8, 4) is 0 Å². The Morgan fingerprint density at radius 2 is 1.96 bits per heavy atom. The molecule has 23 heavy (non-hydrogen) atoms. The average molecular weight is 316 g/mol. The lowest BCUT2D eigenvalue weighted by molar-refractivity contribution is -0.150. The number of allylic oxidation sites excluding steroid dienone is 4. The summed E-state index contributed by atoms with van der Waals surface area (Å²) in [6.07, 6.45) is 9.65. The molecule has 2 N–H and O–H groups in total. The largest absolute Gasteiger partial charge is 0.393 e. The molecule has 2 fully saturated rings. The maximum atomic E-state index is 11.8. The topological polar surface area (TPSA) is 57.5 Å². The molecule has 7 atom stereocenters. The minimum Gasteiger partial charge on any atom is -0.393 e. The molecule has 0 heterocycles. The zero-order valence-electron chi connectivity index (χ0n) is 14.4. The molecule has 0 aromatic heterocycles. The van der Waals surface area contributed by atoms with E-state index in [4.69, 9.17) is 0 Å². The number of carbonyl (C=O) groups excluding carboxylic acids is 1. The second kappa shape index (κ2) is 4.58. The third-order valence-corrected chi connectivity index (χ3v) is 8.02. The molecule has 0 saturated heterocycles. The maximum absolute atomic E-state index is 11.8. The van der Waals surface area contributed by atoms with Crippen LogP contribution in [0.4, 0.5) is 0 Å². The van der Waals surface area contributed by atoms with Crippen LogP contribution in [0, 0.1) is 28.6 Å². The standard InChI is InChI=1S/C20H28O3/c1-18-8-6-13(21)10-12(18)4-5-14-15-7-9-20(3,23)19(15,2)11-16(22)17(14)18/h4-5,10,14-17,22-23H,6-9,11H2,1-3H3/t14-,15+,16+,17+,18-,19-,20-/m0/s1. The van der Waals surface area contributed by atoms with Crippen molar-refractivity contribution >= 4 is 5.78 Å². The lowest BCUT2D eigenvalue weighted by Gasteiger charge is -2.58. The van der Waals surface area contributed by atoms with E-state index in [1.165, 1.54) is 0 Å². The summed E-state index contributed by atoms with van der Waals surface area (Å²) in [6, 6.07) is 0. The molecule has 2 saturated carbocycles. The van der Waals surface area contributed by atoms with Crippen molar-refractivity contribution in [1.29, 1.82) is 0 Å². The van der Waals surface area contributed by atoms with Gasteiger partial charge in [-0.3, -0.25) is 4.79 Å². The number of fused-ring (bicyclic) bond motifs is 5. The molecule has 4 aliphatic carbocycles. The fourth-order valence-corrected chi connectivity index (χ4v) is 6.35. The van der Waals surface area contributed by atoms with Crippen LogP contribution in [0.2, 0.25) is 0 Å². The molecular formula is C20H28O3. The minimum absolute atomic E-state index is 0.109. The maximum Gasteiger partial charge on any atom is 0.156 e. The van der Waals surface area contributed by atoms with Gasteiger partial charge in [0.05, 0.1) is 11.7 Å². The van der Waals surface area contributed by atoms with Gasteiger partial charge >= 0.3 is 0 Å². The van der Waals surface area contributed by atoms with Crippen LogP contribution in [0.15, 0.2) is 23.8 Å². The van der Waals surface area contributed by atoms with Crippen LogP contribution in [-0.2, 0) is 4.79 Å². The SMILES string of the molecule is C[C@]12CCC(=O)C=C1C=C[C@@H]1[C@@H]2[C@H](O)C[C@@]2(C)[C@@H]1CC[C@]2(C)O. The smallest absolute Gasteiger partial charge is 0.156 e. The van der Waals surface area contributed by atoms with Gasteiger partial charge < -0.3 is 10.2 Å². The van der Waals surface area contributed by atoms with Crippen LogP contribution < -0.4 is 0 Å². The highest BCUT2D eigenvalue weighted by Crippen LogP contribution is 2.65. The molecule has 0 spiro atoms. The van der Waals surface area contributed by atoms with Crippen molar-refractivity contribution < 1.29 is 15.0 Å². The Balaban J connectivity index is 1.81. The second-order valence-corrected chi connectivity index (χ2v) is 9.05. The highest BCUT2D eigenvalue weighted by atomic mass is 16.3. The number of ketones is 1. The summed E-state index contributed by atoms with van der Waals surface area (Å²) in [6.45, 7) is 6.33. The third-order valence-electron chi connectivity index (χ3n) is 8.02. The number of carbonyl (C=O) groups is 1. The van der Waals surface area contributed by atoms with Gasteiger partial charge in [-0.25, -0.2) is 0 Å². The third kappa shape index (κ3) is 1.87. The second-order valence-electron chi connectivity index (χ2n) is 9.05. The van der Waals surface area contributed by atoms with E-state index in [1.807, 2.05) is 6.92 Å². The van der Waals surface area contributed by atoms with Gasteiger partial charge in [0.25, 0.3) is 0 Å². The first-order valence-corrected chi connectivity index (χ1v) is 9.03. The van der Waals surface area contributed by atoms with E-state index < -0.39 is 11.7 Å². The van der Waals surface area contributed by atoms with Crippen LogP contribution >= 0.6 is 0 Å². The van der Waals surface area contributed by atoms with Gasteiger partial charge in [-0.2, -0.15) is 0 Å². The normalized spacial score (nSPS) is 55.0. The number of hydrogen-bond donors (Lipinski definition) is 2. The Kier molecular flexibility index (Phi) is 3.10. The summed E-state index contributed by atoms with van der Waals surface area (Å²) in [5.74, 6) is 1.09. The molecule has 3 nitrogen and oxygen atoms in total. The van der Waals surface area contributed by atoms with Crippen LogP contribution in [0.1, 0.15) is 52.9 Å². The average Bonchev–Trinajstić information content (AvgIpc) is 2.69. The molecule has 4 rings (SSSR count). The highest BCUT2D eigenvalue weighted by Gasteiger charge is 2.64. The van der Waals surface area contributed by atoms with Crippen molar-refractivity contribution in [2.24, 2.45) is 28.6 Å². The molecule has 0 amide bonds. The molecule has 0 aromatic carbocycles. The van der Waals surface area contributed by atoms with Gasteiger partial charge in [-0.15, -0.1) is 0 Å². The van der Waals surface area contributed by atoms with E-state index in [-0.39, 0.29) is 22.5 Å². The summed E-state index contributed by atoms with van der Waals surface area (Å²) >= 11 is 0. The molecule has 0 aliphatic heterocycles. The van der Waals surface area contributed by atoms with Gasteiger partial charge in [0.1, 0.15) is 0 Å². The number of hydrogen-bond acceptors (Lipinski definition) is 3. The first kappa shape index (κ1) is 15.6. The van der Waals surface area contributed by atoms with Crippen LogP contribution in [0.3, 0.4) is 0 Å². The minimum atomic E-state index is -0.697. The Morgan fingerprint density at radius 1 is 1.22 bits per heavy atom. The Labute approximate surface area is 138 Å². The summed E-state index contributed by atoms with van der Waals surface area (Å²) in [5, 5.41) is 22.0. The van der Waals surface area contributed by atoms with Crippen molar-refractivity contribution in [3.63, 3.8) is 0 Å². The molecule has 0 radical (unpaired) electrons. The van der Waals surface area contributed by atoms with Crippen LogP contribution in [0.25, 0.3) is 0 Å². The Morgan fingerprint density at radius 3 is 2.70 bits per heavy atom. The van der Waals surface area contributed by atoms with Gasteiger partial charge in [-0.05, 0) is 61.5 Å². The van der Waals surface area contributed by atoms with Crippen molar-refractivity contribution in [2.75, 3.05) is 0 Å². The fraction of sp³-hybridized carbons (Fsp3) is 0.750. The van der Waals surface area contributed by atoms with E-state index in [9.17, 15) is 15.0 Å². The van der Waals surface area contributed by atoms with Gasteiger partial charge in [-0.1, -0.05) is 26.0 Å². The van der Waals surface area contributed by atoms with Crippen molar-refractivity contribution in [3.05, 3.63) is 23.8 Å². The molecule has 0 bridgehead atoms. The van der Waals surface area contributed by atoms with Crippen LogP contribution in [0.5, 0.6) is 0 Å². The zero-order chi connectivity index (χ0) is 16.6. The monoisotopic (exact) mass is 316 g/mol. The summed E-state index contributed by atoms with van der Waals surface area (Å²) < 4.78 is 0. The van der Waals surface area contributed by atoms with Crippen molar-refractivity contribution in [2.45, 2.75) is 64.6 Å². The molecule has 0 aromatic rings. The van der Waals surface area contributed by atoms with E-state index in [1.54, 1.807) is 6.08 Å². The first-order chi connectivity index (χ1) is 10.7. The predicted octanol–water partition coefficient (Wildman–Crippen LogP) is 3.02. The number of aliphatic hydroxyl groups excluding tert-OH is 1. The molecule has 3 heteroatoms. The number of aliphatic hydroxyl groups is 2. The lowest BCUT2D eigenvalue weighted by Crippen LogP contribution is -2.58. The van der Waals surface area contributed by atoms with Gasteiger partial charge in [0, 0.05) is 17.8 Å². The molecule has 0 unspecified atom stereocenters. The van der Waals surface area contributed by atoms with E-state index in [2.05, 4.69) is 26.0 Å². The Hall–Kier alpha value is -0.930. The zero-order valence-corrected chi connectivity index (χ0v) is 14.4. The summed E-state index contributed by atoms with van der Waals surface area (Å²) in [5.41, 5.74) is 0.0712. The van der Waals surface area contributed by atoms with E-state index in [0.717, 1.165) is 24.8 Å². The fourth-order valence-electron chi connectivity index (χ4n) is 6.35. The quantitative estimate of drug-likeness (QED) is 0.722. The van der Waals surface area contributed by atoms with Crippen molar-refractivity contribution in [1.82, 2.24) is 0 Å². The molecular weight excluding hydrogens is 288 g/mol. The van der Waals surface area contributed by atoms with E-state index in [0.29, 0.717) is 24.7 Å². The highest BCUT2D eigenvalue weighted by molar-refractivity contribution is 5.92. The van der Waals surface area contributed by atoms with Gasteiger partial charge in [0.2, 0.25) is 0 Å². The summed E-state index contributed by atoms with van der Waals surface area (Å²) in [7, 11) is 0. The number of rotatable bonds is 0.